The van der Waals surface area contributed by atoms with Crippen molar-refractivity contribution in [3.05, 3.63) is 52.3 Å². The highest BCUT2D eigenvalue weighted by Gasteiger charge is 2.21. The topological polar surface area (TPSA) is 83.2 Å². The van der Waals surface area contributed by atoms with Crippen LogP contribution < -0.4 is 15.4 Å². The maximum atomic E-state index is 12.2. The summed E-state index contributed by atoms with van der Waals surface area (Å²) in [4.78, 5) is 27.1. The molecule has 6 nitrogen and oxygen atoms in total. The average Bonchev–Trinajstić information content (AvgIpc) is 2.98. The van der Waals surface area contributed by atoms with Crippen molar-refractivity contribution in [1.29, 1.82) is 0 Å². The van der Waals surface area contributed by atoms with Gasteiger partial charge in [0.15, 0.2) is 5.75 Å². The zero-order chi connectivity index (χ0) is 18.6. The van der Waals surface area contributed by atoms with Crippen LogP contribution in [0.3, 0.4) is 0 Å². The molecule has 2 aromatic rings. The molecule has 2 amide bonds. The van der Waals surface area contributed by atoms with Gasteiger partial charge < -0.3 is 20.4 Å². The van der Waals surface area contributed by atoms with Gasteiger partial charge in [0.1, 0.15) is 17.5 Å². The second-order valence-corrected chi connectivity index (χ2v) is 6.38. The highest BCUT2D eigenvalue weighted by atomic mass is 35.5. The quantitative estimate of drug-likeness (QED) is 0.736. The van der Waals surface area contributed by atoms with Crippen LogP contribution in [0.2, 0.25) is 5.02 Å². The standard InChI is InChI=1S/C18H22ClN3O3/c1-10(2)21-17(23)14-9-15(16(22-14)18(24)20-4)25-11(3)12-5-7-13(19)8-6-12/h5-11,22H,1-4H3,(H,20,24)(H,21,23)/t11-/m1/s1. The number of aromatic nitrogens is 1. The lowest BCUT2D eigenvalue weighted by Gasteiger charge is -2.15. The predicted octanol–water partition coefficient (Wildman–Crippen LogP) is 3.31. The Balaban J connectivity index is 2.28. The molecule has 0 fully saturated rings. The highest BCUT2D eigenvalue weighted by molar-refractivity contribution is 6.30. The molecule has 0 aliphatic carbocycles. The summed E-state index contributed by atoms with van der Waals surface area (Å²) in [6.07, 6.45) is -0.322. The molecule has 25 heavy (non-hydrogen) atoms. The molecule has 1 aromatic heterocycles. The fourth-order valence-electron chi connectivity index (χ4n) is 2.28. The first-order valence-electron chi connectivity index (χ1n) is 8.00. The van der Waals surface area contributed by atoms with Crippen LogP contribution >= 0.6 is 11.6 Å². The number of halogens is 1. The number of carbonyl (C=O) groups is 2. The second kappa shape index (κ2) is 8.07. The maximum absolute atomic E-state index is 12.2. The first-order valence-corrected chi connectivity index (χ1v) is 8.37. The van der Waals surface area contributed by atoms with Crippen molar-refractivity contribution in [2.24, 2.45) is 0 Å². The van der Waals surface area contributed by atoms with E-state index in [2.05, 4.69) is 15.6 Å². The molecule has 1 atom stereocenters. The van der Waals surface area contributed by atoms with Crippen LogP contribution in [-0.2, 0) is 0 Å². The van der Waals surface area contributed by atoms with E-state index in [9.17, 15) is 9.59 Å². The first kappa shape index (κ1) is 18.9. The Bertz CT molecular complexity index is 753. The Labute approximate surface area is 151 Å². The van der Waals surface area contributed by atoms with Crippen molar-refractivity contribution in [2.75, 3.05) is 7.05 Å². The summed E-state index contributed by atoms with van der Waals surface area (Å²) in [5.74, 6) is -0.341. The van der Waals surface area contributed by atoms with Gasteiger partial charge in [-0.2, -0.15) is 0 Å². The summed E-state index contributed by atoms with van der Waals surface area (Å²) in [7, 11) is 1.52. The van der Waals surface area contributed by atoms with E-state index in [0.29, 0.717) is 10.8 Å². The lowest BCUT2D eigenvalue weighted by molar-refractivity contribution is 0.0938. The number of nitrogens with one attached hydrogen (secondary N) is 3. The van der Waals surface area contributed by atoms with Gasteiger partial charge in [0, 0.05) is 24.2 Å². The molecule has 0 bridgehead atoms. The normalized spacial score (nSPS) is 11.9. The number of hydrogen-bond donors (Lipinski definition) is 3. The minimum atomic E-state index is -0.359. The molecule has 2 rings (SSSR count). The van der Waals surface area contributed by atoms with E-state index in [1.54, 1.807) is 12.1 Å². The summed E-state index contributed by atoms with van der Waals surface area (Å²) in [6, 6.07) is 8.77. The van der Waals surface area contributed by atoms with Crippen molar-refractivity contribution in [3.63, 3.8) is 0 Å². The summed E-state index contributed by atoms with van der Waals surface area (Å²) in [5.41, 5.74) is 1.38. The molecule has 0 aliphatic heterocycles. The molecule has 0 spiro atoms. The number of amides is 2. The largest absolute Gasteiger partial charge is 0.484 e. The Morgan fingerprint density at radius 3 is 2.32 bits per heavy atom. The smallest absolute Gasteiger partial charge is 0.271 e. The number of hydrogen-bond acceptors (Lipinski definition) is 3. The number of benzene rings is 1. The molecule has 134 valence electrons. The summed E-state index contributed by atoms with van der Waals surface area (Å²) in [5, 5.41) is 5.95. The van der Waals surface area contributed by atoms with E-state index in [1.807, 2.05) is 32.9 Å². The molecular weight excluding hydrogens is 342 g/mol. The lowest BCUT2D eigenvalue weighted by Crippen LogP contribution is -2.30. The number of H-pyrrole nitrogens is 1. The molecular formula is C18H22ClN3O3. The van der Waals surface area contributed by atoms with Gasteiger partial charge in [-0.3, -0.25) is 9.59 Å². The van der Waals surface area contributed by atoms with Crippen LogP contribution in [0.4, 0.5) is 0 Å². The Morgan fingerprint density at radius 1 is 1.12 bits per heavy atom. The van der Waals surface area contributed by atoms with Gasteiger partial charge in [-0.05, 0) is 38.5 Å². The summed E-state index contributed by atoms with van der Waals surface area (Å²) < 4.78 is 5.92. The molecule has 7 heteroatoms. The molecule has 0 saturated heterocycles. The Hall–Kier alpha value is -2.47. The third kappa shape index (κ3) is 4.76. The third-order valence-electron chi connectivity index (χ3n) is 3.54. The predicted molar refractivity (Wildman–Crippen MR) is 97.3 cm³/mol. The van der Waals surface area contributed by atoms with Crippen molar-refractivity contribution in [3.8, 4) is 5.75 Å². The average molecular weight is 364 g/mol. The van der Waals surface area contributed by atoms with Gasteiger partial charge in [0.05, 0.1) is 0 Å². The zero-order valence-electron chi connectivity index (χ0n) is 14.6. The first-order chi connectivity index (χ1) is 11.8. The van der Waals surface area contributed by atoms with E-state index in [4.69, 9.17) is 16.3 Å². The maximum Gasteiger partial charge on any atom is 0.271 e. The van der Waals surface area contributed by atoms with Crippen LogP contribution in [0.25, 0.3) is 0 Å². The second-order valence-electron chi connectivity index (χ2n) is 5.94. The van der Waals surface area contributed by atoms with Crippen LogP contribution in [0.15, 0.2) is 30.3 Å². The molecule has 3 N–H and O–H groups in total. The van der Waals surface area contributed by atoms with Crippen LogP contribution in [-0.4, -0.2) is 29.9 Å². The minimum Gasteiger partial charge on any atom is -0.484 e. The molecule has 0 unspecified atom stereocenters. The van der Waals surface area contributed by atoms with Gasteiger partial charge in [-0.1, -0.05) is 23.7 Å². The zero-order valence-corrected chi connectivity index (χ0v) is 15.4. The highest BCUT2D eigenvalue weighted by Crippen LogP contribution is 2.27. The number of ether oxygens (including phenoxy) is 1. The number of carbonyl (C=O) groups excluding carboxylic acids is 2. The molecule has 1 heterocycles. The summed E-state index contributed by atoms with van der Waals surface area (Å²) >= 11 is 5.90. The van der Waals surface area contributed by atoms with E-state index in [-0.39, 0.29) is 35.3 Å². The van der Waals surface area contributed by atoms with Crippen LogP contribution in [0, 0.1) is 0 Å². The molecule has 0 aliphatic rings. The SMILES string of the molecule is CNC(=O)c1[nH]c(C(=O)NC(C)C)cc1O[C@H](C)c1ccc(Cl)cc1. The molecule has 0 saturated carbocycles. The Kier molecular flexibility index (Phi) is 6.09. The van der Waals surface area contributed by atoms with E-state index >= 15 is 0 Å². The van der Waals surface area contributed by atoms with Gasteiger partial charge >= 0.3 is 0 Å². The lowest BCUT2D eigenvalue weighted by atomic mass is 10.1. The van der Waals surface area contributed by atoms with Gasteiger partial charge in [-0.15, -0.1) is 0 Å². The third-order valence-corrected chi connectivity index (χ3v) is 3.80. The van der Waals surface area contributed by atoms with E-state index < -0.39 is 0 Å². The van der Waals surface area contributed by atoms with Gasteiger partial charge in [-0.25, -0.2) is 0 Å². The minimum absolute atomic E-state index is 0.0170. The monoisotopic (exact) mass is 363 g/mol. The fraction of sp³-hybridized carbons (Fsp3) is 0.333. The van der Waals surface area contributed by atoms with Gasteiger partial charge in [0.25, 0.3) is 11.8 Å². The van der Waals surface area contributed by atoms with E-state index in [0.717, 1.165) is 5.56 Å². The molecule has 0 radical (unpaired) electrons. The molecule has 1 aromatic carbocycles. The summed E-state index contributed by atoms with van der Waals surface area (Å²) in [6.45, 7) is 5.58. The fourth-order valence-corrected chi connectivity index (χ4v) is 2.40. The van der Waals surface area contributed by atoms with E-state index in [1.165, 1.54) is 13.1 Å². The van der Waals surface area contributed by atoms with Crippen molar-refractivity contribution in [1.82, 2.24) is 15.6 Å². The number of rotatable bonds is 6. The van der Waals surface area contributed by atoms with Gasteiger partial charge in [0.2, 0.25) is 0 Å². The van der Waals surface area contributed by atoms with Crippen LogP contribution in [0.5, 0.6) is 5.75 Å². The van der Waals surface area contributed by atoms with Crippen molar-refractivity contribution in [2.45, 2.75) is 32.9 Å². The van der Waals surface area contributed by atoms with Crippen LogP contribution in [0.1, 0.15) is 53.4 Å². The van der Waals surface area contributed by atoms with Crippen molar-refractivity contribution >= 4 is 23.4 Å². The Morgan fingerprint density at radius 2 is 1.76 bits per heavy atom. The van der Waals surface area contributed by atoms with Crippen molar-refractivity contribution < 1.29 is 14.3 Å². The number of aromatic amines is 1.